The van der Waals surface area contributed by atoms with Crippen molar-refractivity contribution < 1.29 is 0 Å². The molecule has 0 aliphatic heterocycles. The Morgan fingerprint density at radius 2 is 1.19 bits per heavy atom. The van der Waals surface area contributed by atoms with Gasteiger partial charge in [0.15, 0.2) is 0 Å². The number of rotatable bonds is 12. The van der Waals surface area contributed by atoms with Crippen molar-refractivity contribution in [2.45, 2.75) is 77.6 Å². The van der Waals surface area contributed by atoms with Crippen LogP contribution >= 0.6 is 0 Å². The van der Waals surface area contributed by atoms with E-state index in [1.165, 1.54) is 70.6 Å². The summed E-state index contributed by atoms with van der Waals surface area (Å²) in [5, 5.41) is 0. The van der Waals surface area contributed by atoms with Gasteiger partial charge in [-0.3, -0.25) is 0 Å². The van der Waals surface area contributed by atoms with Crippen molar-refractivity contribution in [1.82, 2.24) is 0 Å². The predicted molar refractivity (Wildman–Crippen MR) is 74.7 cm³/mol. The zero-order chi connectivity index (χ0) is 11.9. The highest BCUT2D eigenvalue weighted by Gasteiger charge is 1.91. The minimum absolute atomic E-state index is 0.692. The molecule has 0 saturated heterocycles. The molecule has 0 atom stereocenters. The van der Waals surface area contributed by atoms with E-state index in [0.29, 0.717) is 6.54 Å². The second kappa shape index (κ2) is 14.7. The Morgan fingerprint density at radius 3 is 1.69 bits per heavy atom. The first kappa shape index (κ1) is 15.7. The van der Waals surface area contributed by atoms with E-state index in [9.17, 15) is 0 Å². The van der Waals surface area contributed by atoms with Gasteiger partial charge in [-0.05, 0) is 12.8 Å². The SMILES string of the molecule is CCCCCCCCCCCC/C=C/CN. The van der Waals surface area contributed by atoms with E-state index in [2.05, 4.69) is 19.1 Å². The minimum atomic E-state index is 0.692. The molecule has 0 aromatic heterocycles. The van der Waals surface area contributed by atoms with Crippen LogP contribution in [-0.4, -0.2) is 6.54 Å². The molecule has 0 aromatic rings. The Bertz CT molecular complexity index is 140. The monoisotopic (exact) mass is 225 g/mol. The molecule has 0 aliphatic rings. The van der Waals surface area contributed by atoms with Crippen LogP contribution in [0.25, 0.3) is 0 Å². The van der Waals surface area contributed by atoms with Gasteiger partial charge in [-0.25, -0.2) is 0 Å². The molecule has 0 aliphatic carbocycles. The maximum atomic E-state index is 5.37. The maximum absolute atomic E-state index is 5.37. The summed E-state index contributed by atoms with van der Waals surface area (Å²) in [7, 11) is 0. The summed E-state index contributed by atoms with van der Waals surface area (Å²) in [6.45, 7) is 2.97. The molecule has 0 aromatic carbocycles. The smallest absolute Gasteiger partial charge is 0.0106 e. The van der Waals surface area contributed by atoms with Crippen LogP contribution in [0.3, 0.4) is 0 Å². The lowest BCUT2D eigenvalue weighted by Gasteiger charge is -2.01. The fraction of sp³-hybridized carbons (Fsp3) is 0.867. The molecule has 0 saturated carbocycles. The summed E-state index contributed by atoms with van der Waals surface area (Å²) in [6.07, 6.45) is 19.7. The molecular formula is C15H31N. The van der Waals surface area contributed by atoms with Crippen molar-refractivity contribution in [3.8, 4) is 0 Å². The lowest BCUT2D eigenvalue weighted by Crippen LogP contribution is -1.91. The number of nitrogens with two attached hydrogens (primary N) is 1. The van der Waals surface area contributed by atoms with Gasteiger partial charge in [-0.2, -0.15) is 0 Å². The molecule has 0 bridgehead atoms. The topological polar surface area (TPSA) is 26.0 Å². The van der Waals surface area contributed by atoms with E-state index in [1.54, 1.807) is 0 Å². The van der Waals surface area contributed by atoms with Gasteiger partial charge in [-0.15, -0.1) is 0 Å². The molecule has 1 nitrogen and oxygen atoms in total. The van der Waals surface area contributed by atoms with Gasteiger partial charge in [0.1, 0.15) is 0 Å². The Labute approximate surface area is 102 Å². The van der Waals surface area contributed by atoms with E-state index >= 15 is 0 Å². The van der Waals surface area contributed by atoms with Crippen LogP contribution in [0.15, 0.2) is 12.2 Å². The zero-order valence-electron chi connectivity index (χ0n) is 11.2. The van der Waals surface area contributed by atoms with Gasteiger partial charge < -0.3 is 5.73 Å². The van der Waals surface area contributed by atoms with Gasteiger partial charge in [0, 0.05) is 6.54 Å². The summed E-state index contributed by atoms with van der Waals surface area (Å²) in [5.74, 6) is 0. The van der Waals surface area contributed by atoms with E-state index in [0.717, 1.165) is 0 Å². The highest BCUT2D eigenvalue weighted by Crippen LogP contribution is 2.11. The average Bonchev–Trinajstić information content (AvgIpc) is 2.31. The second-order valence-electron chi connectivity index (χ2n) is 4.68. The Hall–Kier alpha value is -0.300. The standard InChI is InChI=1S/C15H31N/c1-2-3-4-5-6-7-8-9-10-11-12-13-14-15-16/h13-14H,2-12,15-16H2,1H3/b14-13+. The predicted octanol–water partition coefficient (Wildman–Crippen LogP) is 4.81. The van der Waals surface area contributed by atoms with Crippen molar-refractivity contribution in [1.29, 1.82) is 0 Å². The Kier molecular flexibility index (Phi) is 14.4. The zero-order valence-corrected chi connectivity index (χ0v) is 11.2. The van der Waals surface area contributed by atoms with Gasteiger partial charge in [0.2, 0.25) is 0 Å². The van der Waals surface area contributed by atoms with Crippen LogP contribution in [0.1, 0.15) is 77.6 Å². The molecule has 16 heavy (non-hydrogen) atoms. The highest BCUT2D eigenvalue weighted by molar-refractivity contribution is 4.81. The summed E-state index contributed by atoms with van der Waals surface area (Å²) in [5.41, 5.74) is 5.37. The molecule has 0 rings (SSSR count). The summed E-state index contributed by atoms with van der Waals surface area (Å²) < 4.78 is 0. The highest BCUT2D eigenvalue weighted by atomic mass is 14.5. The Balaban J connectivity index is 2.90. The Morgan fingerprint density at radius 1 is 0.688 bits per heavy atom. The maximum Gasteiger partial charge on any atom is 0.0106 e. The molecular weight excluding hydrogens is 194 g/mol. The van der Waals surface area contributed by atoms with Crippen LogP contribution in [-0.2, 0) is 0 Å². The minimum Gasteiger partial charge on any atom is -0.327 e. The molecule has 0 fully saturated rings. The quantitative estimate of drug-likeness (QED) is 0.374. The van der Waals surface area contributed by atoms with Crippen LogP contribution < -0.4 is 5.73 Å². The van der Waals surface area contributed by atoms with E-state index in [1.807, 2.05) is 0 Å². The molecule has 0 radical (unpaired) electrons. The fourth-order valence-electron chi connectivity index (χ4n) is 1.96. The van der Waals surface area contributed by atoms with Crippen molar-refractivity contribution in [2.24, 2.45) is 5.73 Å². The summed E-state index contributed by atoms with van der Waals surface area (Å²) in [4.78, 5) is 0. The van der Waals surface area contributed by atoms with Gasteiger partial charge in [0.25, 0.3) is 0 Å². The fourth-order valence-corrected chi connectivity index (χ4v) is 1.96. The summed E-state index contributed by atoms with van der Waals surface area (Å²) in [6, 6.07) is 0. The first-order chi connectivity index (χ1) is 7.91. The van der Waals surface area contributed by atoms with Crippen LogP contribution in [0, 0.1) is 0 Å². The van der Waals surface area contributed by atoms with E-state index < -0.39 is 0 Å². The van der Waals surface area contributed by atoms with Crippen LogP contribution in [0.5, 0.6) is 0 Å². The molecule has 0 amide bonds. The molecule has 96 valence electrons. The molecule has 0 unspecified atom stereocenters. The number of unbranched alkanes of at least 4 members (excludes halogenated alkanes) is 10. The number of hydrogen-bond donors (Lipinski definition) is 1. The van der Waals surface area contributed by atoms with Crippen molar-refractivity contribution >= 4 is 0 Å². The molecule has 1 heteroatoms. The second-order valence-corrected chi connectivity index (χ2v) is 4.68. The first-order valence-corrected chi connectivity index (χ1v) is 7.27. The third-order valence-corrected chi connectivity index (χ3v) is 3.03. The lowest BCUT2D eigenvalue weighted by molar-refractivity contribution is 0.557. The van der Waals surface area contributed by atoms with Crippen molar-refractivity contribution in [3.63, 3.8) is 0 Å². The molecule has 0 heterocycles. The van der Waals surface area contributed by atoms with Gasteiger partial charge >= 0.3 is 0 Å². The number of allylic oxidation sites excluding steroid dienone is 1. The van der Waals surface area contributed by atoms with Crippen molar-refractivity contribution in [3.05, 3.63) is 12.2 Å². The van der Waals surface area contributed by atoms with E-state index in [4.69, 9.17) is 5.73 Å². The van der Waals surface area contributed by atoms with Crippen LogP contribution in [0.4, 0.5) is 0 Å². The average molecular weight is 225 g/mol. The third kappa shape index (κ3) is 13.7. The largest absolute Gasteiger partial charge is 0.327 e. The summed E-state index contributed by atoms with van der Waals surface area (Å²) >= 11 is 0. The van der Waals surface area contributed by atoms with Gasteiger partial charge in [0.05, 0.1) is 0 Å². The first-order valence-electron chi connectivity index (χ1n) is 7.27. The van der Waals surface area contributed by atoms with Crippen LogP contribution in [0.2, 0.25) is 0 Å². The van der Waals surface area contributed by atoms with E-state index in [-0.39, 0.29) is 0 Å². The normalized spacial score (nSPS) is 11.4. The lowest BCUT2D eigenvalue weighted by atomic mass is 10.1. The molecule has 2 N–H and O–H groups in total. The van der Waals surface area contributed by atoms with Gasteiger partial charge in [-0.1, -0.05) is 76.9 Å². The third-order valence-electron chi connectivity index (χ3n) is 3.03. The molecule has 0 spiro atoms. The van der Waals surface area contributed by atoms with Crippen molar-refractivity contribution in [2.75, 3.05) is 6.54 Å². The number of hydrogen-bond acceptors (Lipinski definition) is 1.